The van der Waals surface area contributed by atoms with Gasteiger partial charge in [-0.1, -0.05) is 23.5 Å². The molecule has 1 heterocycles. The molecular weight excluding hydrogens is 188 g/mol. The highest BCUT2D eigenvalue weighted by atomic mass is 32.2. The van der Waals surface area contributed by atoms with Crippen LogP contribution in [0.4, 0.5) is 4.79 Å². The highest BCUT2D eigenvalue weighted by Gasteiger charge is 2.49. The summed E-state index contributed by atoms with van der Waals surface area (Å²) in [5.41, 5.74) is 0. The Kier molecular flexibility index (Phi) is 1.73. The van der Waals surface area contributed by atoms with Crippen molar-refractivity contribution in [2.24, 2.45) is 11.8 Å². The Labute approximate surface area is 81.0 Å². The van der Waals surface area contributed by atoms with E-state index in [2.05, 4.69) is 0 Å². The molecule has 3 saturated carbocycles. The molecule has 0 radical (unpaired) electrons. The van der Waals surface area contributed by atoms with Crippen molar-refractivity contribution >= 4 is 28.0 Å². The van der Waals surface area contributed by atoms with Crippen molar-refractivity contribution in [1.29, 1.82) is 0 Å². The number of carbonyl (C=O) groups excluding carboxylic acids is 1. The first-order valence-corrected chi connectivity index (χ1v) is 6.48. The van der Waals surface area contributed by atoms with Crippen molar-refractivity contribution in [3.63, 3.8) is 0 Å². The average Bonchev–Trinajstić information content (AvgIpc) is 2.49. The zero-order valence-electron chi connectivity index (χ0n) is 6.86. The maximum atomic E-state index is 11.3. The van der Waals surface area contributed by atoms with E-state index in [9.17, 15) is 4.79 Å². The van der Waals surface area contributed by atoms with Crippen LogP contribution in [0.2, 0.25) is 0 Å². The molecule has 0 amide bonds. The molecule has 2 bridgehead atoms. The molecule has 12 heavy (non-hydrogen) atoms. The minimum absolute atomic E-state index is 0.392. The summed E-state index contributed by atoms with van der Waals surface area (Å²) in [5.74, 6) is 1.76. The van der Waals surface area contributed by atoms with Crippen LogP contribution in [0.5, 0.6) is 0 Å². The van der Waals surface area contributed by atoms with Crippen molar-refractivity contribution < 1.29 is 4.79 Å². The van der Waals surface area contributed by atoms with Gasteiger partial charge in [-0.15, -0.1) is 0 Å². The molecule has 4 fully saturated rings. The van der Waals surface area contributed by atoms with E-state index >= 15 is 0 Å². The van der Waals surface area contributed by atoms with Gasteiger partial charge in [0.2, 0.25) is 4.45 Å². The van der Waals surface area contributed by atoms with Gasteiger partial charge in [0.1, 0.15) is 0 Å². The van der Waals surface area contributed by atoms with Crippen LogP contribution in [0.25, 0.3) is 0 Å². The van der Waals surface area contributed by atoms with E-state index in [1.807, 2.05) is 0 Å². The minimum atomic E-state index is 0.392. The SMILES string of the molecule is O=C1S[C@@H]2C3CCC(CC3)[C@@H]2S1. The molecule has 0 aromatic carbocycles. The fourth-order valence-electron chi connectivity index (χ4n) is 2.92. The van der Waals surface area contributed by atoms with E-state index < -0.39 is 0 Å². The van der Waals surface area contributed by atoms with Crippen LogP contribution in [0, 0.1) is 11.8 Å². The van der Waals surface area contributed by atoms with Crippen molar-refractivity contribution in [3.05, 3.63) is 0 Å². The van der Waals surface area contributed by atoms with Crippen molar-refractivity contribution in [2.45, 2.75) is 36.2 Å². The van der Waals surface area contributed by atoms with Crippen LogP contribution in [0.1, 0.15) is 25.7 Å². The molecule has 3 aliphatic carbocycles. The summed E-state index contributed by atoms with van der Waals surface area (Å²) >= 11 is 3.27. The van der Waals surface area contributed by atoms with Crippen molar-refractivity contribution in [2.75, 3.05) is 0 Å². The second-order valence-corrected chi connectivity index (χ2v) is 6.65. The molecule has 4 aliphatic rings. The highest BCUT2D eigenvalue weighted by molar-refractivity contribution is 8.41. The lowest BCUT2D eigenvalue weighted by Crippen LogP contribution is -2.41. The third-order valence-corrected chi connectivity index (χ3v) is 6.57. The topological polar surface area (TPSA) is 17.1 Å². The zero-order chi connectivity index (χ0) is 8.13. The lowest BCUT2D eigenvalue weighted by molar-refractivity contribution is 0.195. The first-order chi connectivity index (χ1) is 5.84. The van der Waals surface area contributed by atoms with E-state index in [-0.39, 0.29) is 0 Å². The van der Waals surface area contributed by atoms with Gasteiger partial charge < -0.3 is 0 Å². The second kappa shape index (κ2) is 2.68. The molecule has 1 aliphatic heterocycles. The Morgan fingerprint density at radius 3 is 1.75 bits per heavy atom. The third-order valence-electron chi connectivity index (χ3n) is 3.53. The number of thioether (sulfide) groups is 2. The monoisotopic (exact) mass is 200 g/mol. The molecule has 0 unspecified atom stereocenters. The zero-order valence-corrected chi connectivity index (χ0v) is 8.50. The summed E-state index contributed by atoms with van der Waals surface area (Å²) in [6.07, 6.45) is 5.58. The summed E-state index contributed by atoms with van der Waals surface area (Å²) in [6, 6.07) is 0. The summed E-state index contributed by atoms with van der Waals surface area (Å²) in [4.78, 5) is 11.3. The lowest BCUT2D eigenvalue weighted by Gasteiger charge is -2.43. The maximum absolute atomic E-state index is 11.3. The molecule has 3 heteroatoms. The van der Waals surface area contributed by atoms with Gasteiger partial charge in [0, 0.05) is 10.5 Å². The summed E-state index contributed by atoms with van der Waals surface area (Å²) < 4.78 is 0.392. The van der Waals surface area contributed by atoms with Crippen LogP contribution < -0.4 is 0 Å². The number of hydrogen-bond donors (Lipinski definition) is 0. The van der Waals surface area contributed by atoms with Crippen LogP contribution >= 0.6 is 23.5 Å². The smallest absolute Gasteiger partial charge is 0.246 e. The number of fused-ring (bicyclic) bond motifs is 2. The predicted octanol–water partition coefficient (Wildman–Crippen LogP) is 3.14. The van der Waals surface area contributed by atoms with E-state index in [0.29, 0.717) is 14.9 Å². The summed E-state index contributed by atoms with van der Waals surface area (Å²) in [7, 11) is 0. The summed E-state index contributed by atoms with van der Waals surface area (Å²) in [6.45, 7) is 0. The first-order valence-electron chi connectivity index (χ1n) is 4.72. The Bertz CT molecular complexity index is 199. The fourth-order valence-corrected chi connectivity index (χ4v) is 6.22. The number of carbonyl (C=O) groups is 1. The fraction of sp³-hybridized carbons (Fsp3) is 0.889. The van der Waals surface area contributed by atoms with Crippen LogP contribution in [-0.4, -0.2) is 14.9 Å². The van der Waals surface area contributed by atoms with Gasteiger partial charge >= 0.3 is 0 Å². The Balaban J connectivity index is 1.90. The molecule has 0 N–H and O–H groups in total. The molecule has 1 saturated heterocycles. The maximum Gasteiger partial charge on any atom is 0.246 e. The van der Waals surface area contributed by atoms with Crippen molar-refractivity contribution in [3.8, 4) is 0 Å². The van der Waals surface area contributed by atoms with E-state index in [1.54, 1.807) is 23.5 Å². The second-order valence-electron chi connectivity index (χ2n) is 4.09. The van der Waals surface area contributed by atoms with Gasteiger partial charge in [-0.2, -0.15) is 0 Å². The normalized spacial score (nSPS) is 51.2. The Morgan fingerprint density at radius 1 is 0.917 bits per heavy atom. The van der Waals surface area contributed by atoms with Crippen LogP contribution in [0.15, 0.2) is 0 Å². The van der Waals surface area contributed by atoms with E-state index in [1.165, 1.54) is 25.7 Å². The first kappa shape index (κ1) is 7.74. The van der Waals surface area contributed by atoms with Crippen LogP contribution in [-0.2, 0) is 0 Å². The highest BCUT2D eigenvalue weighted by Crippen LogP contribution is 2.56. The molecule has 0 spiro atoms. The molecule has 0 aromatic rings. The molecule has 0 aromatic heterocycles. The minimum Gasteiger partial charge on any atom is -0.274 e. The van der Waals surface area contributed by atoms with E-state index in [4.69, 9.17) is 0 Å². The molecule has 66 valence electrons. The van der Waals surface area contributed by atoms with Crippen molar-refractivity contribution in [1.82, 2.24) is 0 Å². The summed E-state index contributed by atoms with van der Waals surface area (Å²) in [5, 5.41) is 1.41. The van der Waals surface area contributed by atoms with Gasteiger partial charge in [0.05, 0.1) is 0 Å². The van der Waals surface area contributed by atoms with Gasteiger partial charge in [0.25, 0.3) is 0 Å². The van der Waals surface area contributed by atoms with Gasteiger partial charge in [0.15, 0.2) is 0 Å². The van der Waals surface area contributed by atoms with E-state index in [0.717, 1.165) is 11.8 Å². The largest absolute Gasteiger partial charge is 0.274 e. The predicted molar refractivity (Wildman–Crippen MR) is 53.6 cm³/mol. The number of rotatable bonds is 0. The van der Waals surface area contributed by atoms with Crippen LogP contribution in [0.3, 0.4) is 0 Å². The average molecular weight is 200 g/mol. The van der Waals surface area contributed by atoms with Gasteiger partial charge in [-0.05, 0) is 37.5 Å². The Hall–Kier alpha value is 0.370. The lowest BCUT2D eigenvalue weighted by atomic mass is 9.70. The van der Waals surface area contributed by atoms with Gasteiger partial charge in [-0.25, -0.2) is 0 Å². The molecule has 1 nitrogen and oxygen atoms in total. The quantitative estimate of drug-likeness (QED) is 0.598. The third kappa shape index (κ3) is 0.987. The number of hydrogen-bond acceptors (Lipinski definition) is 3. The molecule has 2 atom stereocenters. The Morgan fingerprint density at radius 2 is 1.33 bits per heavy atom. The molecule has 4 rings (SSSR count). The molecular formula is C9H12OS2. The standard InChI is InChI=1S/C9H12OS2/c10-9-11-7-5-1-2-6(4-3-5)8(7)12-9/h5-8H,1-4H2/t5?,6?,7-,8+. The van der Waals surface area contributed by atoms with Gasteiger partial charge in [-0.3, -0.25) is 4.79 Å².